The molecule has 2 nitrogen and oxygen atoms in total. The minimum atomic E-state index is -4.51. The van der Waals surface area contributed by atoms with Crippen molar-refractivity contribution in [2.45, 2.75) is 12.6 Å². The molecule has 0 bridgehead atoms. The van der Waals surface area contributed by atoms with Gasteiger partial charge < -0.3 is 4.74 Å². The van der Waals surface area contributed by atoms with Crippen LogP contribution >= 0.6 is 0 Å². The van der Waals surface area contributed by atoms with Crippen LogP contribution in [0.1, 0.15) is 6.42 Å². The molecule has 0 amide bonds. The first kappa shape index (κ1) is 10.7. The number of hydrogen-bond acceptors (Lipinski definition) is 2. The van der Waals surface area contributed by atoms with E-state index >= 15 is 0 Å². The Morgan fingerprint density at radius 1 is 1.50 bits per heavy atom. The number of halogens is 3. The Labute approximate surface area is 67.3 Å². The Morgan fingerprint density at radius 3 is 2.50 bits per heavy atom. The minimum Gasteiger partial charge on any atom is -0.434 e. The molecule has 0 N–H and O–H groups in total. The molecule has 0 rings (SSSR count). The van der Waals surface area contributed by atoms with Crippen molar-refractivity contribution in [3.05, 3.63) is 25.0 Å². The van der Waals surface area contributed by atoms with Crippen molar-refractivity contribution in [1.82, 2.24) is 0 Å². The monoisotopic (exact) mass is 180 g/mol. The fourth-order valence-corrected chi connectivity index (χ4v) is 0.376. The Morgan fingerprint density at radius 2 is 2.08 bits per heavy atom. The number of alkyl halides is 3. The predicted molar refractivity (Wildman–Crippen MR) is 36.1 cm³/mol. The molecule has 0 aromatic heterocycles. The lowest BCUT2D eigenvalue weighted by molar-refractivity contribution is -0.166. The van der Waals surface area contributed by atoms with E-state index in [1.807, 2.05) is 0 Å². The fourth-order valence-electron chi connectivity index (χ4n) is 0.376. The van der Waals surface area contributed by atoms with Crippen LogP contribution in [0.4, 0.5) is 13.2 Å². The van der Waals surface area contributed by atoms with Crippen molar-refractivity contribution in [3.63, 3.8) is 0 Å². The van der Waals surface area contributed by atoms with Gasteiger partial charge in [0, 0.05) is 0 Å². The number of carbonyl (C=O) groups is 1. The van der Waals surface area contributed by atoms with Crippen LogP contribution in [0.15, 0.2) is 25.0 Å². The van der Waals surface area contributed by atoms with Crippen molar-refractivity contribution in [2.24, 2.45) is 0 Å². The van der Waals surface area contributed by atoms with E-state index in [9.17, 15) is 18.0 Å². The molecule has 0 saturated carbocycles. The van der Waals surface area contributed by atoms with Crippen molar-refractivity contribution < 1.29 is 22.7 Å². The minimum absolute atomic E-state index is 0.848. The number of rotatable bonds is 3. The summed E-state index contributed by atoms with van der Waals surface area (Å²) in [6, 6.07) is 0. The molecule has 68 valence electrons. The van der Waals surface area contributed by atoms with Gasteiger partial charge >= 0.3 is 12.1 Å². The second kappa shape index (κ2) is 4.58. The lowest BCUT2D eigenvalue weighted by Gasteiger charge is -2.02. The number of esters is 1. The van der Waals surface area contributed by atoms with E-state index in [1.165, 1.54) is 12.2 Å². The summed E-state index contributed by atoms with van der Waals surface area (Å²) in [6.07, 6.45) is -2.75. The quantitative estimate of drug-likeness (QED) is 0.378. The summed E-state index contributed by atoms with van der Waals surface area (Å²) in [5.74, 6) is -1.33. The lowest BCUT2D eigenvalue weighted by Crippen LogP contribution is -2.15. The molecule has 0 aliphatic heterocycles. The Bertz CT molecular complexity index is 193. The molecule has 0 aliphatic carbocycles. The molecule has 0 aromatic carbocycles. The first-order chi connectivity index (χ1) is 5.45. The van der Waals surface area contributed by atoms with Crippen molar-refractivity contribution >= 4 is 5.97 Å². The van der Waals surface area contributed by atoms with Crippen molar-refractivity contribution in [2.75, 3.05) is 0 Å². The number of ether oxygens (including phenoxy) is 1. The summed E-state index contributed by atoms with van der Waals surface area (Å²) >= 11 is 0. The third kappa shape index (κ3) is 6.85. The summed E-state index contributed by atoms with van der Waals surface area (Å²) in [5, 5.41) is 0. The first-order valence-electron chi connectivity index (χ1n) is 2.99. The van der Waals surface area contributed by atoms with Crippen LogP contribution < -0.4 is 0 Å². The topological polar surface area (TPSA) is 26.3 Å². The summed E-state index contributed by atoms with van der Waals surface area (Å²) in [5.41, 5.74) is 0. The molecule has 0 fully saturated rings. The second-order valence-corrected chi connectivity index (χ2v) is 1.85. The highest BCUT2D eigenvalue weighted by atomic mass is 19.4. The molecule has 0 heterocycles. The van der Waals surface area contributed by atoms with Gasteiger partial charge in [-0.05, 0) is 6.08 Å². The maximum Gasteiger partial charge on any atom is 0.399 e. The molecule has 0 aliphatic rings. The molecule has 0 atom stereocenters. The van der Waals surface area contributed by atoms with Gasteiger partial charge in [-0.1, -0.05) is 12.7 Å². The number of hydrogen-bond donors (Lipinski definition) is 0. The third-order valence-electron chi connectivity index (χ3n) is 0.759. The van der Waals surface area contributed by atoms with Gasteiger partial charge in [-0.2, -0.15) is 13.2 Å². The molecule has 0 saturated heterocycles. The average molecular weight is 180 g/mol. The number of allylic oxidation sites excluding steroid dienone is 2. The van der Waals surface area contributed by atoms with Gasteiger partial charge in [0.05, 0.1) is 6.26 Å². The van der Waals surface area contributed by atoms with Gasteiger partial charge in [-0.3, -0.25) is 4.79 Å². The van der Waals surface area contributed by atoms with Gasteiger partial charge in [-0.15, -0.1) is 0 Å². The molecule has 5 heteroatoms. The highest BCUT2D eigenvalue weighted by Gasteiger charge is 2.31. The second-order valence-electron chi connectivity index (χ2n) is 1.85. The number of carbonyl (C=O) groups excluding carboxylic acids is 1. The van der Waals surface area contributed by atoms with Crippen LogP contribution in [0.5, 0.6) is 0 Å². The molecule has 0 aromatic rings. The van der Waals surface area contributed by atoms with Gasteiger partial charge in [-0.25, -0.2) is 0 Å². The maximum absolute atomic E-state index is 11.5. The molecule has 0 radical (unpaired) electrons. The zero-order valence-electron chi connectivity index (χ0n) is 6.10. The van der Waals surface area contributed by atoms with E-state index in [1.54, 1.807) is 0 Å². The SMILES string of the molecule is C=C/C=C/OC(=O)CC(F)(F)F. The normalized spacial score (nSPS) is 11.6. The van der Waals surface area contributed by atoms with Crippen LogP contribution in [0, 0.1) is 0 Å². The molecular formula is C7H7F3O2. The summed E-state index contributed by atoms with van der Waals surface area (Å²) in [6.45, 7) is 3.23. The highest BCUT2D eigenvalue weighted by molar-refractivity contribution is 5.70. The summed E-state index contributed by atoms with van der Waals surface area (Å²) < 4.78 is 38.5. The maximum atomic E-state index is 11.5. The van der Waals surface area contributed by atoms with Crippen LogP contribution in [-0.2, 0) is 9.53 Å². The van der Waals surface area contributed by atoms with Gasteiger partial charge in [0.15, 0.2) is 0 Å². The summed E-state index contributed by atoms with van der Waals surface area (Å²) in [7, 11) is 0. The van der Waals surface area contributed by atoms with E-state index in [2.05, 4.69) is 11.3 Å². The van der Waals surface area contributed by atoms with Gasteiger partial charge in [0.25, 0.3) is 0 Å². The van der Waals surface area contributed by atoms with Gasteiger partial charge in [0.2, 0.25) is 0 Å². The van der Waals surface area contributed by atoms with E-state index in [0.29, 0.717) is 0 Å². The molecular weight excluding hydrogens is 173 g/mol. The smallest absolute Gasteiger partial charge is 0.399 e. The average Bonchev–Trinajstić information content (AvgIpc) is 1.84. The van der Waals surface area contributed by atoms with E-state index in [4.69, 9.17) is 0 Å². The molecule has 0 unspecified atom stereocenters. The van der Waals surface area contributed by atoms with Crippen LogP contribution in [0.2, 0.25) is 0 Å². The van der Waals surface area contributed by atoms with E-state index in [0.717, 1.165) is 6.26 Å². The zero-order chi connectivity index (χ0) is 9.61. The van der Waals surface area contributed by atoms with Gasteiger partial charge in [0.1, 0.15) is 6.42 Å². The molecule has 0 spiro atoms. The first-order valence-corrected chi connectivity index (χ1v) is 2.99. The fraction of sp³-hybridized carbons (Fsp3) is 0.286. The predicted octanol–water partition coefficient (Wildman–Crippen LogP) is 2.18. The molecule has 12 heavy (non-hydrogen) atoms. The Balaban J connectivity index is 3.75. The summed E-state index contributed by atoms with van der Waals surface area (Å²) in [4.78, 5) is 10.3. The largest absolute Gasteiger partial charge is 0.434 e. The van der Waals surface area contributed by atoms with E-state index in [-0.39, 0.29) is 0 Å². The Kier molecular flexibility index (Phi) is 4.10. The van der Waals surface area contributed by atoms with Crippen LogP contribution in [0.3, 0.4) is 0 Å². The lowest BCUT2D eigenvalue weighted by atomic mass is 10.4. The van der Waals surface area contributed by atoms with Crippen molar-refractivity contribution in [1.29, 1.82) is 0 Å². The van der Waals surface area contributed by atoms with Crippen LogP contribution in [0.25, 0.3) is 0 Å². The highest BCUT2D eigenvalue weighted by Crippen LogP contribution is 2.19. The zero-order valence-corrected chi connectivity index (χ0v) is 6.10. The van der Waals surface area contributed by atoms with Crippen molar-refractivity contribution in [3.8, 4) is 0 Å². The van der Waals surface area contributed by atoms with E-state index < -0.39 is 18.6 Å². The third-order valence-corrected chi connectivity index (χ3v) is 0.759. The van der Waals surface area contributed by atoms with Crippen LogP contribution in [-0.4, -0.2) is 12.1 Å². The standard InChI is InChI=1S/C7H7F3O2/c1-2-3-4-12-6(11)5-7(8,9)10/h2-4H,1,5H2/b4-3+. The Hall–Kier alpha value is -1.26.